The van der Waals surface area contributed by atoms with E-state index in [-0.39, 0.29) is 11.7 Å². The maximum absolute atomic E-state index is 13.4. The monoisotopic (exact) mass is 367 g/mol. The molecule has 0 spiro atoms. The van der Waals surface area contributed by atoms with Gasteiger partial charge in [0.2, 0.25) is 0 Å². The summed E-state index contributed by atoms with van der Waals surface area (Å²) in [6, 6.07) is 17.8. The standard InChI is InChI=1S/C21H18FNO4/c1-25-18-10-6-4-8-16(18)23-21(24)15-7-3-5-9-17(15)27-19-12-11-14(22)13-20(19)26-2/h3-13H,1-2H3,(H,23,24). The molecule has 0 bridgehead atoms. The molecule has 0 aliphatic rings. The Balaban J connectivity index is 1.89. The maximum Gasteiger partial charge on any atom is 0.259 e. The number of halogens is 1. The van der Waals surface area contributed by atoms with Crippen molar-refractivity contribution in [2.75, 3.05) is 19.5 Å². The SMILES string of the molecule is COc1ccccc1NC(=O)c1ccccc1Oc1ccc(F)cc1OC. The smallest absolute Gasteiger partial charge is 0.259 e. The molecule has 1 N–H and O–H groups in total. The number of ether oxygens (including phenoxy) is 3. The van der Waals surface area contributed by atoms with Crippen LogP contribution < -0.4 is 19.5 Å². The van der Waals surface area contributed by atoms with E-state index in [4.69, 9.17) is 14.2 Å². The lowest BCUT2D eigenvalue weighted by Gasteiger charge is -2.14. The number of rotatable bonds is 6. The number of anilines is 1. The van der Waals surface area contributed by atoms with Crippen LogP contribution >= 0.6 is 0 Å². The van der Waals surface area contributed by atoms with E-state index in [9.17, 15) is 9.18 Å². The highest BCUT2D eigenvalue weighted by atomic mass is 19.1. The van der Waals surface area contributed by atoms with E-state index in [0.29, 0.717) is 28.5 Å². The van der Waals surface area contributed by atoms with Gasteiger partial charge in [-0.15, -0.1) is 0 Å². The highest BCUT2D eigenvalue weighted by molar-refractivity contribution is 6.06. The molecule has 6 heteroatoms. The van der Waals surface area contributed by atoms with Crippen molar-refractivity contribution in [1.82, 2.24) is 0 Å². The second-order valence-electron chi connectivity index (χ2n) is 5.55. The number of benzene rings is 3. The van der Waals surface area contributed by atoms with Crippen molar-refractivity contribution in [3.8, 4) is 23.0 Å². The van der Waals surface area contributed by atoms with Gasteiger partial charge in [-0.1, -0.05) is 24.3 Å². The van der Waals surface area contributed by atoms with Gasteiger partial charge in [0.15, 0.2) is 11.5 Å². The summed E-state index contributed by atoms with van der Waals surface area (Å²) in [5.41, 5.74) is 0.856. The van der Waals surface area contributed by atoms with E-state index in [2.05, 4.69) is 5.32 Å². The first-order valence-electron chi connectivity index (χ1n) is 8.17. The van der Waals surface area contributed by atoms with Crippen LogP contribution in [-0.2, 0) is 0 Å². The van der Waals surface area contributed by atoms with Gasteiger partial charge in [0, 0.05) is 6.07 Å². The van der Waals surface area contributed by atoms with Gasteiger partial charge in [0.05, 0.1) is 25.5 Å². The Labute approximate surface area is 156 Å². The van der Waals surface area contributed by atoms with Crippen LogP contribution in [0.15, 0.2) is 66.7 Å². The fourth-order valence-corrected chi connectivity index (χ4v) is 2.52. The van der Waals surface area contributed by atoms with Crippen LogP contribution in [-0.4, -0.2) is 20.1 Å². The van der Waals surface area contributed by atoms with E-state index in [1.165, 1.54) is 32.4 Å². The Morgan fingerprint density at radius 2 is 1.48 bits per heavy atom. The van der Waals surface area contributed by atoms with Crippen LogP contribution in [0.3, 0.4) is 0 Å². The van der Waals surface area contributed by atoms with Gasteiger partial charge in [-0.05, 0) is 36.4 Å². The predicted molar refractivity (Wildman–Crippen MR) is 100 cm³/mol. The van der Waals surface area contributed by atoms with Crippen molar-refractivity contribution < 1.29 is 23.4 Å². The summed E-state index contributed by atoms with van der Waals surface area (Å²) in [4.78, 5) is 12.8. The Bertz CT molecular complexity index is 958. The van der Waals surface area contributed by atoms with Gasteiger partial charge in [-0.2, -0.15) is 0 Å². The van der Waals surface area contributed by atoms with Crippen LogP contribution in [0.2, 0.25) is 0 Å². The van der Waals surface area contributed by atoms with Crippen molar-refractivity contribution in [2.24, 2.45) is 0 Å². The fourth-order valence-electron chi connectivity index (χ4n) is 2.52. The summed E-state index contributed by atoms with van der Waals surface area (Å²) in [5, 5.41) is 2.81. The van der Waals surface area contributed by atoms with E-state index in [1.807, 2.05) is 6.07 Å². The molecular formula is C21H18FNO4. The second kappa shape index (κ2) is 8.23. The molecule has 3 aromatic carbocycles. The minimum Gasteiger partial charge on any atom is -0.495 e. The molecule has 1 amide bonds. The summed E-state index contributed by atoms with van der Waals surface area (Å²) in [6.45, 7) is 0. The van der Waals surface area contributed by atoms with Crippen molar-refractivity contribution >= 4 is 11.6 Å². The summed E-state index contributed by atoms with van der Waals surface area (Å²) in [6.07, 6.45) is 0. The number of methoxy groups -OCH3 is 2. The molecule has 0 saturated heterocycles. The maximum atomic E-state index is 13.4. The van der Waals surface area contributed by atoms with Gasteiger partial charge >= 0.3 is 0 Å². The largest absolute Gasteiger partial charge is 0.495 e. The molecule has 0 aliphatic heterocycles. The third kappa shape index (κ3) is 4.17. The molecule has 0 fully saturated rings. The molecule has 0 heterocycles. The predicted octanol–water partition coefficient (Wildman–Crippen LogP) is 4.89. The van der Waals surface area contributed by atoms with Crippen molar-refractivity contribution in [2.45, 2.75) is 0 Å². The molecule has 0 unspecified atom stereocenters. The lowest BCUT2D eigenvalue weighted by Crippen LogP contribution is -2.13. The zero-order valence-electron chi connectivity index (χ0n) is 14.9. The van der Waals surface area contributed by atoms with Crippen LogP contribution in [0, 0.1) is 5.82 Å². The number of carbonyl (C=O) groups is 1. The minimum atomic E-state index is -0.443. The lowest BCUT2D eigenvalue weighted by atomic mass is 10.1. The summed E-state index contributed by atoms with van der Waals surface area (Å²) in [7, 11) is 2.95. The topological polar surface area (TPSA) is 56.8 Å². The van der Waals surface area contributed by atoms with E-state index < -0.39 is 5.82 Å². The molecule has 0 atom stereocenters. The molecule has 138 valence electrons. The molecule has 0 saturated carbocycles. The first-order valence-corrected chi connectivity index (χ1v) is 8.17. The highest BCUT2D eigenvalue weighted by Gasteiger charge is 2.16. The number of carbonyl (C=O) groups excluding carboxylic acids is 1. The normalized spacial score (nSPS) is 10.2. The number of hydrogen-bond acceptors (Lipinski definition) is 4. The van der Waals surface area contributed by atoms with Gasteiger partial charge in [-0.3, -0.25) is 4.79 Å². The quantitative estimate of drug-likeness (QED) is 0.674. The van der Waals surface area contributed by atoms with Crippen LogP contribution in [0.25, 0.3) is 0 Å². The average Bonchev–Trinajstić information content (AvgIpc) is 2.70. The Morgan fingerprint density at radius 3 is 2.22 bits per heavy atom. The molecule has 3 aromatic rings. The summed E-state index contributed by atoms with van der Waals surface area (Å²) >= 11 is 0. The summed E-state index contributed by atoms with van der Waals surface area (Å²) in [5.74, 6) is 0.586. The number of hydrogen-bond donors (Lipinski definition) is 1. The van der Waals surface area contributed by atoms with Crippen molar-refractivity contribution in [3.05, 3.63) is 78.1 Å². The van der Waals surface area contributed by atoms with E-state index >= 15 is 0 Å². The zero-order chi connectivity index (χ0) is 19.2. The molecule has 27 heavy (non-hydrogen) atoms. The van der Waals surface area contributed by atoms with Crippen LogP contribution in [0.1, 0.15) is 10.4 Å². The minimum absolute atomic E-state index is 0.231. The first kappa shape index (κ1) is 18.3. The zero-order valence-corrected chi connectivity index (χ0v) is 14.9. The van der Waals surface area contributed by atoms with E-state index in [0.717, 1.165) is 0 Å². The van der Waals surface area contributed by atoms with Gasteiger partial charge in [0.1, 0.15) is 17.3 Å². The second-order valence-corrected chi connectivity index (χ2v) is 5.55. The molecule has 5 nitrogen and oxygen atoms in total. The summed E-state index contributed by atoms with van der Waals surface area (Å²) < 4.78 is 29.6. The van der Waals surface area contributed by atoms with Gasteiger partial charge in [0.25, 0.3) is 5.91 Å². The number of para-hydroxylation sites is 3. The van der Waals surface area contributed by atoms with Crippen LogP contribution in [0.4, 0.5) is 10.1 Å². The number of nitrogens with one attached hydrogen (secondary N) is 1. The van der Waals surface area contributed by atoms with Gasteiger partial charge in [-0.25, -0.2) is 4.39 Å². The van der Waals surface area contributed by atoms with E-state index in [1.54, 1.807) is 42.5 Å². The first-order chi connectivity index (χ1) is 13.1. The van der Waals surface area contributed by atoms with Crippen molar-refractivity contribution in [3.63, 3.8) is 0 Å². The third-order valence-corrected chi connectivity index (χ3v) is 3.83. The van der Waals surface area contributed by atoms with Gasteiger partial charge < -0.3 is 19.5 Å². The third-order valence-electron chi connectivity index (χ3n) is 3.83. The lowest BCUT2D eigenvalue weighted by molar-refractivity contribution is 0.102. The molecule has 3 rings (SSSR count). The average molecular weight is 367 g/mol. The number of amides is 1. The molecular weight excluding hydrogens is 349 g/mol. The van der Waals surface area contributed by atoms with Crippen molar-refractivity contribution in [1.29, 1.82) is 0 Å². The Hall–Kier alpha value is -3.54. The van der Waals surface area contributed by atoms with Crippen LogP contribution in [0.5, 0.6) is 23.0 Å². The molecule has 0 aliphatic carbocycles. The molecule has 0 aromatic heterocycles. The fraction of sp³-hybridized carbons (Fsp3) is 0.0952. The Kier molecular flexibility index (Phi) is 5.56. The Morgan fingerprint density at radius 1 is 0.815 bits per heavy atom. The molecule has 0 radical (unpaired) electrons. The highest BCUT2D eigenvalue weighted by Crippen LogP contribution is 2.34.